The molecule has 4 unspecified atom stereocenters. The Morgan fingerprint density at radius 1 is 1.09 bits per heavy atom. The first-order valence-corrected chi connectivity index (χ1v) is 9.11. The second-order valence-corrected chi connectivity index (χ2v) is 7.49. The van der Waals surface area contributed by atoms with Crippen molar-refractivity contribution in [1.82, 2.24) is 15.5 Å². The fourth-order valence-corrected chi connectivity index (χ4v) is 4.81. The van der Waals surface area contributed by atoms with E-state index in [-0.39, 0.29) is 0 Å². The van der Waals surface area contributed by atoms with E-state index in [2.05, 4.69) is 45.9 Å². The van der Waals surface area contributed by atoms with Gasteiger partial charge in [-0.25, -0.2) is 0 Å². The van der Waals surface area contributed by atoms with Gasteiger partial charge in [-0.1, -0.05) is 30.3 Å². The SMILES string of the molecule is c1ccc(CN2CC3CCC(NCC4CCCN4)C3C2)cc1. The molecule has 3 heteroatoms. The highest BCUT2D eigenvalue weighted by Gasteiger charge is 2.42. The molecule has 1 aliphatic carbocycles. The van der Waals surface area contributed by atoms with E-state index in [1.54, 1.807) is 0 Å². The Balaban J connectivity index is 1.29. The number of hydrogen-bond donors (Lipinski definition) is 2. The quantitative estimate of drug-likeness (QED) is 0.873. The topological polar surface area (TPSA) is 27.3 Å². The van der Waals surface area contributed by atoms with E-state index >= 15 is 0 Å². The third-order valence-corrected chi connectivity index (χ3v) is 5.97. The predicted molar refractivity (Wildman–Crippen MR) is 90.7 cm³/mol. The standard InChI is InChI=1S/C19H29N3/c1-2-5-15(6-3-1)12-22-13-16-8-9-19(18(16)14-22)21-11-17-7-4-10-20-17/h1-3,5-6,16-21H,4,7-14H2. The molecule has 1 aromatic carbocycles. The fourth-order valence-electron chi connectivity index (χ4n) is 4.81. The van der Waals surface area contributed by atoms with Crippen molar-refractivity contribution in [1.29, 1.82) is 0 Å². The maximum Gasteiger partial charge on any atom is 0.0233 e. The van der Waals surface area contributed by atoms with E-state index in [4.69, 9.17) is 0 Å². The molecule has 120 valence electrons. The lowest BCUT2D eigenvalue weighted by Crippen LogP contribution is -2.42. The number of rotatable bonds is 5. The number of benzene rings is 1. The largest absolute Gasteiger partial charge is 0.313 e. The number of nitrogens with zero attached hydrogens (tertiary/aromatic N) is 1. The number of likely N-dealkylation sites (tertiary alicyclic amines) is 1. The van der Waals surface area contributed by atoms with Crippen LogP contribution in [0.1, 0.15) is 31.2 Å². The van der Waals surface area contributed by atoms with E-state index in [0.29, 0.717) is 0 Å². The number of fused-ring (bicyclic) bond motifs is 1. The zero-order valence-electron chi connectivity index (χ0n) is 13.5. The minimum Gasteiger partial charge on any atom is -0.313 e. The van der Waals surface area contributed by atoms with Crippen molar-refractivity contribution in [2.24, 2.45) is 11.8 Å². The Kier molecular flexibility index (Phi) is 4.47. The van der Waals surface area contributed by atoms with Gasteiger partial charge < -0.3 is 10.6 Å². The molecule has 0 spiro atoms. The molecule has 1 aromatic rings. The molecule has 3 fully saturated rings. The van der Waals surface area contributed by atoms with Gasteiger partial charge in [0.05, 0.1) is 0 Å². The number of nitrogens with one attached hydrogen (secondary N) is 2. The van der Waals surface area contributed by atoms with E-state index in [1.165, 1.54) is 57.4 Å². The highest BCUT2D eigenvalue weighted by atomic mass is 15.2. The van der Waals surface area contributed by atoms with Crippen molar-refractivity contribution >= 4 is 0 Å². The first-order chi connectivity index (χ1) is 10.9. The summed E-state index contributed by atoms with van der Waals surface area (Å²) in [5, 5.41) is 7.50. The zero-order valence-corrected chi connectivity index (χ0v) is 13.5. The lowest BCUT2D eigenvalue weighted by Gasteiger charge is -2.23. The average Bonchev–Trinajstić information content (AvgIpc) is 3.24. The van der Waals surface area contributed by atoms with Gasteiger partial charge in [-0.3, -0.25) is 4.90 Å². The van der Waals surface area contributed by atoms with Crippen LogP contribution in [0.15, 0.2) is 30.3 Å². The second-order valence-electron chi connectivity index (χ2n) is 7.49. The van der Waals surface area contributed by atoms with Crippen molar-refractivity contribution < 1.29 is 0 Å². The van der Waals surface area contributed by atoms with Gasteiger partial charge in [-0.05, 0) is 49.6 Å². The lowest BCUT2D eigenvalue weighted by atomic mass is 9.97. The van der Waals surface area contributed by atoms with Gasteiger partial charge in [0, 0.05) is 38.3 Å². The summed E-state index contributed by atoms with van der Waals surface area (Å²) in [5.41, 5.74) is 1.46. The Hall–Kier alpha value is -0.900. The molecule has 4 rings (SSSR count). The van der Waals surface area contributed by atoms with Crippen LogP contribution in [0.5, 0.6) is 0 Å². The minimum absolute atomic E-state index is 0.723. The first kappa shape index (κ1) is 14.7. The molecule has 1 saturated carbocycles. The highest BCUT2D eigenvalue weighted by molar-refractivity contribution is 5.15. The molecule has 2 heterocycles. The molecule has 4 atom stereocenters. The van der Waals surface area contributed by atoms with Crippen LogP contribution in [0, 0.1) is 11.8 Å². The van der Waals surface area contributed by atoms with Gasteiger partial charge >= 0.3 is 0 Å². The van der Waals surface area contributed by atoms with E-state index < -0.39 is 0 Å². The van der Waals surface area contributed by atoms with Crippen molar-refractivity contribution in [3.8, 4) is 0 Å². The van der Waals surface area contributed by atoms with Crippen LogP contribution in [0.3, 0.4) is 0 Å². The molecule has 0 bridgehead atoms. The Morgan fingerprint density at radius 2 is 2.00 bits per heavy atom. The molecule has 2 saturated heterocycles. The van der Waals surface area contributed by atoms with Crippen molar-refractivity contribution in [3.63, 3.8) is 0 Å². The highest BCUT2D eigenvalue weighted by Crippen LogP contribution is 2.38. The maximum atomic E-state index is 3.89. The van der Waals surface area contributed by atoms with Gasteiger partial charge in [-0.2, -0.15) is 0 Å². The molecular formula is C19H29N3. The predicted octanol–water partition coefficient (Wildman–Crippen LogP) is 2.24. The van der Waals surface area contributed by atoms with Crippen molar-refractivity contribution in [2.45, 2.75) is 44.3 Å². The monoisotopic (exact) mass is 299 g/mol. The molecule has 0 radical (unpaired) electrons. The Labute approximate surface area is 134 Å². The van der Waals surface area contributed by atoms with Crippen LogP contribution in [0.4, 0.5) is 0 Å². The van der Waals surface area contributed by atoms with Gasteiger partial charge in [-0.15, -0.1) is 0 Å². The lowest BCUT2D eigenvalue weighted by molar-refractivity contribution is 0.287. The van der Waals surface area contributed by atoms with Gasteiger partial charge in [0.2, 0.25) is 0 Å². The summed E-state index contributed by atoms with van der Waals surface area (Å²) in [7, 11) is 0. The third kappa shape index (κ3) is 3.22. The van der Waals surface area contributed by atoms with Crippen LogP contribution in [-0.2, 0) is 6.54 Å². The smallest absolute Gasteiger partial charge is 0.0233 e. The normalized spacial score (nSPS) is 35.1. The molecule has 3 nitrogen and oxygen atoms in total. The summed E-state index contributed by atoms with van der Waals surface area (Å²) in [6.45, 7) is 6.11. The van der Waals surface area contributed by atoms with Crippen LogP contribution in [0.2, 0.25) is 0 Å². The van der Waals surface area contributed by atoms with E-state index in [1.807, 2.05) is 0 Å². The van der Waals surface area contributed by atoms with Crippen LogP contribution in [-0.4, -0.2) is 43.2 Å². The molecule has 0 amide bonds. The summed E-state index contributed by atoms with van der Waals surface area (Å²) in [6, 6.07) is 12.4. The van der Waals surface area contributed by atoms with Crippen molar-refractivity contribution in [2.75, 3.05) is 26.2 Å². The number of hydrogen-bond acceptors (Lipinski definition) is 3. The van der Waals surface area contributed by atoms with Gasteiger partial charge in [0.15, 0.2) is 0 Å². The maximum absolute atomic E-state index is 3.89. The fraction of sp³-hybridized carbons (Fsp3) is 0.684. The summed E-state index contributed by atoms with van der Waals surface area (Å²) >= 11 is 0. The zero-order chi connectivity index (χ0) is 14.8. The van der Waals surface area contributed by atoms with E-state index in [9.17, 15) is 0 Å². The molecule has 2 aliphatic heterocycles. The Morgan fingerprint density at radius 3 is 2.82 bits per heavy atom. The minimum atomic E-state index is 0.723. The first-order valence-electron chi connectivity index (χ1n) is 9.11. The molecular weight excluding hydrogens is 270 g/mol. The van der Waals surface area contributed by atoms with Crippen LogP contribution < -0.4 is 10.6 Å². The molecule has 0 aromatic heterocycles. The Bertz CT molecular complexity index is 469. The molecule has 22 heavy (non-hydrogen) atoms. The van der Waals surface area contributed by atoms with Gasteiger partial charge in [0.25, 0.3) is 0 Å². The van der Waals surface area contributed by atoms with Crippen LogP contribution >= 0.6 is 0 Å². The second kappa shape index (κ2) is 6.69. The third-order valence-electron chi connectivity index (χ3n) is 5.97. The summed E-state index contributed by atoms with van der Waals surface area (Å²) in [6.07, 6.45) is 5.52. The summed E-state index contributed by atoms with van der Waals surface area (Å²) in [5.74, 6) is 1.81. The molecule has 3 aliphatic rings. The van der Waals surface area contributed by atoms with E-state index in [0.717, 1.165) is 30.5 Å². The molecule has 2 N–H and O–H groups in total. The summed E-state index contributed by atoms with van der Waals surface area (Å²) < 4.78 is 0. The van der Waals surface area contributed by atoms with Gasteiger partial charge in [0.1, 0.15) is 0 Å². The van der Waals surface area contributed by atoms with Crippen molar-refractivity contribution in [3.05, 3.63) is 35.9 Å². The average molecular weight is 299 g/mol. The summed E-state index contributed by atoms with van der Waals surface area (Å²) in [4.78, 5) is 2.67. The van der Waals surface area contributed by atoms with Crippen LogP contribution in [0.25, 0.3) is 0 Å².